The van der Waals surface area contributed by atoms with Crippen molar-refractivity contribution in [3.05, 3.63) is 0 Å². The molecular formula is C14H28N2. The van der Waals surface area contributed by atoms with Crippen LogP contribution in [0.4, 0.5) is 0 Å². The predicted molar refractivity (Wildman–Crippen MR) is 69.6 cm³/mol. The topological polar surface area (TPSA) is 15.3 Å². The molecule has 0 aromatic carbocycles. The first kappa shape index (κ1) is 12.4. The molecule has 2 heteroatoms. The van der Waals surface area contributed by atoms with Crippen molar-refractivity contribution >= 4 is 0 Å². The van der Waals surface area contributed by atoms with Crippen LogP contribution < -0.4 is 5.32 Å². The Morgan fingerprint density at radius 1 is 1.31 bits per heavy atom. The minimum atomic E-state index is 0.711. The van der Waals surface area contributed by atoms with Gasteiger partial charge in [0.25, 0.3) is 0 Å². The predicted octanol–water partition coefficient (Wildman–Crippen LogP) is 2.49. The minimum Gasteiger partial charge on any atom is -0.311 e. The van der Waals surface area contributed by atoms with Crippen LogP contribution in [0, 0.1) is 11.8 Å². The molecule has 0 bridgehead atoms. The summed E-state index contributed by atoms with van der Waals surface area (Å²) in [5.41, 5.74) is 0. The van der Waals surface area contributed by atoms with Gasteiger partial charge in [-0.3, -0.25) is 4.90 Å². The van der Waals surface area contributed by atoms with Crippen molar-refractivity contribution in [2.45, 2.75) is 65.1 Å². The average Bonchev–Trinajstić information content (AvgIpc) is 3.05. The van der Waals surface area contributed by atoms with Gasteiger partial charge in [0.05, 0.1) is 0 Å². The summed E-state index contributed by atoms with van der Waals surface area (Å²) in [5, 5.41) is 3.74. The lowest BCUT2D eigenvalue weighted by molar-refractivity contribution is 0.0597. The van der Waals surface area contributed by atoms with E-state index in [0.29, 0.717) is 6.04 Å². The summed E-state index contributed by atoms with van der Waals surface area (Å²) in [6, 6.07) is 2.27. The summed E-state index contributed by atoms with van der Waals surface area (Å²) >= 11 is 0. The van der Waals surface area contributed by atoms with Crippen molar-refractivity contribution in [2.75, 3.05) is 13.1 Å². The maximum Gasteiger partial charge on any atom is 0.0224 e. The number of rotatable bonds is 4. The molecule has 0 radical (unpaired) electrons. The molecule has 2 rings (SSSR count). The first-order valence-corrected chi connectivity index (χ1v) is 7.12. The summed E-state index contributed by atoms with van der Waals surface area (Å²) in [6.07, 6.45) is 4.20. The van der Waals surface area contributed by atoms with Gasteiger partial charge in [0.2, 0.25) is 0 Å². The SMILES string of the molecule is CCC(C(C)C)N1CC(C2CC2)NCC1C. The zero-order valence-electron chi connectivity index (χ0n) is 11.4. The van der Waals surface area contributed by atoms with Crippen LogP contribution in [-0.4, -0.2) is 36.1 Å². The van der Waals surface area contributed by atoms with Gasteiger partial charge in [0.1, 0.15) is 0 Å². The first-order valence-electron chi connectivity index (χ1n) is 7.12. The number of hydrogen-bond donors (Lipinski definition) is 1. The molecule has 0 amide bonds. The summed E-state index contributed by atoms with van der Waals surface area (Å²) in [6.45, 7) is 11.9. The van der Waals surface area contributed by atoms with Crippen LogP contribution in [0.3, 0.4) is 0 Å². The fraction of sp³-hybridized carbons (Fsp3) is 1.00. The maximum atomic E-state index is 3.74. The highest BCUT2D eigenvalue weighted by molar-refractivity contribution is 4.95. The third-order valence-corrected chi connectivity index (χ3v) is 4.45. The van der Waals surface area contributed by atoms with E-state index in [0.717, 1.165) is 23.9 Å². The van der Waals surface area contributed by atoms with Gasteiger partial charge in [-0.25, -0.2) is 0 Å². The average molecular weight is 224 g/mol. The van der Waals surface area contributed by atoms with E-state index in [2.05, 4.69) is 37.9 Å². The Morgan fingerprint density at radius 3 is 2.50 bits per heavy atom. The smallest absolute Gasteiger partial charge is 0.0224 e. The van der Waals surface area contributed by atoms with Crippen LogP contribution in [0.15, 0.2) is 0 Å². The molecule has 3 atom stereocenters. The van der Waals surface area contributed by atoms with Gasteiger partial charge in [0.15, 0.2) is 0 Å². The van der Waals surface area contributed by atoms with E-state index in [1.165, 1.54) is 32.4 Å². The van der Waals surface area contributed by atoms with E-state index in [1.54, 1.807) is 0 Å². The largest absolute Gasteiger partial charge is 0.311 e. The van der Waals surface area contributed by atoms with Crippen molar-refractivity contribution < 1.29 is 0 Å². The van der Waals surface area contributed by atoms with Gasteiger partial charge >= 0.3 is 0 Å². The lowest BCUT2D eigenvalue weighted by Gasteiger charge is -2.45. The molecule has 2 aliphatic rings. The number of nitrogens with one attached hydrogen (secondary N) is 1. The van der Waals surface area contributed by atoms with Gasteiger partial charge in [-0.15, -0.1) is 0 Å². The second-order valence-corrected chi connectivity index (χ2v) is 6.12. The Labute approximate surface area is 101 Å². The van der Waals surface area contributed by atoms with E-state index in [9.17, 15) is 0 Å². The summed E-state index contributed by atoms with van der Waals surface area (Å²) in [4.78, 5) is 2.77. The molecule has 1 aliphatic heterocycles. The highest BCUT2D eigenvalue weighted by Crippen LogP contribution is 2.35. The third-order valence-electron chi connectivity index (χ3n) is 4.45. The van der Waals surface area contributed by atoms with Crippen molar-refractivity contribution in [3.63, 3.8) is 0 Å². The van der Waals surface area contributed by atoms with Crippen LogP contribution in [0.5, 0.6) is 0 Å². The van der Waals surface area contributed by atoms with Crippen molar-refractivity contribution in [1.29, 1.82) is 0 Å². The first-order chi connectivity index (χ1) is 7.63. The van der Waals surface area contributed by atoms with Crippen LogP contribution in [-0.2, 0) is 0 Å². The second-order valence-electron chi connectivity index (χ2n) is 6.12. The molecule has 2 fully saturated rings. The number of hydrogen-bond acceptors (Lipinski definition) is 2. The van der Waals surface area contributed by atoms with Gasteiger partial charge < -0.3 is 5.32 Å². The highest BCUT2D eigenvalue weighted by Gasteiger charge is 2.38. The third kappa shape index (κ3) is 2.60. The fourth-order valence-corrected chi connectivity index (χ4v) is 3.28. The Kier molecular flexibility index (Phi) is 3.91. The van der Waals surface area contributed by atoms with Crippen molar-refractivity contribution in [1.82, 2.24) is 10.2 Å². The van der Waals surface area contributed by atoms with Crippen molar-refractivity contribution in [2.24, 2.45) is 11.8 Å². The summed E-state index contributed by atoms with van der Waals surface area (Å²) in [5.74, 6) is 1.77. The minimum absolute atomic E-state index is 0.711. The quantitative estimate of drug-likeness (QED) is 0.789. The Bertz CT molecular complexity index is 223. The van der Waals surface area contributed by atoms with Crippen LogP contribution in [0.1, 0.15) is 47.0 Å². The van der Waals surface area contributed by atoms with Gasteiger partial charge in [-0.1, -0.05) is 20.8 Å². The molecule has 16 heavy (non-hydrogen) atoms. The second kappa shape index (κ2) is 5.05. The lowest BCUT2D eigenvalue weighted by atomic mass is 9.95. The zero-order valence-corrected chi connectivity index (χ0v) is 11.4. The maximum absolute atomic E-state index is 3.74. The zero-order chi connectivity index (χ0) is 11.7. The molecule has 94 valence electrons. The van der Waals surface area contributed by atoms with E-state index in [-0.39, 0.29) is 0 Å². The monoisotopic (exact) mass is 224 g/mol. The molecule has 1 N–H and O–H groups in total. The fourth-order valence-electron chi connectivity index (χ4n) is 3.28. The van der Waals surface area contributed by atoms with Gasteiger partial charge in [-0.2, -0.15) is 0 Å². The van der Waals surface area contributed by atoms with E-state index >= 15 is 0 Å². The summed E-state index contributed by atoms with van der Waals surface area (Å²) in [7, 11) is 0. The molecule has 0 aromatic heterocycles. The molecule has 0 aromatic rings. The number of piperazine rings is 1. The van der Waals surface area contributed by atoms with E-state index in [1.807, 2.05) is 0 Å². The van der Waals surface area contributed by atoms with E-state index < -0.39 is 0 Å². The van der Waals surface area contributed by atoms with Crippen molar-refractivity contribution in [3.8, 4) is 0 Å². The van der Waals surface area contributed by atoms with E-state index in [4.69, 9.17) is 0 Å². The lowest BCUT2D eigenvalue weighted by Crippen LogP contribution is -2.60. The Morgan fingerprint density at radius 2 is 2.00 bits per heavy atom. The molecule has 1 aliphatic carbocycles. The molecule has 2 nitrogen and oxygen atoms in total. The molecule has 1 heterocycles. The normalized spacial score (nSPS) is 34.3. The Balaban J connectivity index is 1.98. The highest BCUT2D eigenvalue weighted by atomic mass is 15.3. The molecule has 1 saturated heterocycles. The standard InChI is InChI=1S/C14H28N2/c1-5-14(10(2)3)16-9-13(12-6-7-12)15-8-11(16)4/h10-15H,5-9H2,1-4H3. The van der Waals surface area contributed by atoms with Crippen LogP contribution >= 0.6 is 0 Å². The molecule has 1 saturated carbocycles. The van der Waals surface area contributed by atoms with Crippen LogP contribution in [0.2, 0.25) is 0 Å². The summed E-state index contributed by atoms with van der Waals surface area (Å²) < 4.78 is 0. The Hall–Kier alpha value is -0.0800. The molecule has 0 spiro atoms. The number of nitrogens with zero attached hydrogens (tertiary/aromatic N) is 1. The van der Waals surface area contributed by atoms with Gasteiger partial charge in [-0.05, 0) is 38.0 Å². The molecular weight excluding hydrogens is 196 g/mol. The van der Waals surface area contributed by atoms with Crippen LogP contribution in [0.25, 0.3) is 0 Å². The molecule has 3 unspecified atom stereocenters. The van der Waals surface area contributed by atoms with Gasteiger partial charge in [0, 0.05) is 31.2 Å².